The van der Waals surface area contributed by atoms with Gasteiger partial charge in [-0.05, 0) is 38.8 Å². The summed E-state index contributed by atoms with van der Waals surface area (Å²) in [4.78, 5) is 27.7. The Balaban J connectivity index is 1.56. The van der Waals surface area contributed by atoms with Crippen molar-refractivity contribution in [3.63, 3.8) is 0 Å². The Bertz CT molecular complexity index is 1400. The lowest BCUT2D eigenvalue weighted by Gasteiger charge is -2.40. The van der Waals surface area contributed by atoms with Crippen molar-refractivity contribution in [3.05, 3.63) is 40.8 Å². The van der Waals surface area contributed by atoms with Crippen LogP contribution < -0.4 is 11.0 Å². The van der Waals surface area contributed by atoms with E-state index in [4.69, 9.17) is 0 Å². The predicted molar refractivity (Wildman–Crippen MR) is 119 cm³/mol. The Hall–Kier alpha value is -3.41. The molecule has 0 spiro atoms. The number of piperidine rings is 1. The van der Waals surface area contributed by atoms with Gasteiger partial charge in [0.15, 0.2) is 11.3 Å². The monoisotopic (exact) mass is 457 g/mol. The third kappa shape index (κ3) is 3.54. The number of imidazole rings is 1. The summed E-state index contributed by atoms with van der Waals surface area (Å²) in [6.45, 7) is 5.77. The highest BCUT2D eigenvalue weighted by molar-refractivity contribution is 5.73. The number of aryl methyl sites for hydroxylation is 2. The number of nitrogens with one attached hydrogen (secondary N) is 1. The molecule has 1 fully saturated rings. The Kier molecular flexibility index (Phi) is 4.92. The maximum absolute atomic E-state index is 15.2. The van der Waals surface area contributed by atoms with Crippen molar-refractivity contribution in [1.29, 1.82) is 0 Å². The van der Waals surface area contributed by atoms with Crippen LogP contribution in [0.25, 0.3) is 16.8 Å². The largest absolute Gasteiger partial charge is 0.330 e. The smallest absolute Gasteiger partial charge is 0.323 e. The van der Waals surface area contributed by atoms with Gasteiger partial charge in [-0.3, -0.25) is 14.0 Å². The normalized spacial score (nSPS) is 19.1. The van der Waals surface area contributed by atoms with Gasteiger partial charge in [-0.15, -0.1) is 0 Å². The van der Waals surface area contributed by atoms with Gasteiger partial charge < -0.3 is 5.32 Å². The Labute approximate surface area is 187 Å². The number of aromatic nitrogens is 7. The highest BCUT2D eigenvalue weighted by Gasteiger charge is 2.47. The van der Waals surface area contributed by atoms with Crippen LogP contribution in [-0.2, 0) is 7.05 Å². The molecule has 0 aromatic carbocycles. The summed E-state index contributed by atoms with van der Waals surface area (Å²) in [5.74, 6) is -2.87. The maximum Gasteiger partial charge on any atom is 0.330 e. The van der Waals surface area contributed by atoms with Crippen LogP contribution in [0.15, 0.2) is 29.6 Å². The van der Waals surface area contributed by atoms with E-state index in [2.05, 4.69) is 25.4 Å². The predicted octanol–water partition coefficient (Wildman–Crippen LogP) is 2.52. The third-order valence-corrected chi connectivity index (χ3v) is 6.33. The van der Waals surface area contributed by atoms with Crippen molar-refractivity contribution in [1.82, 2.24) is 38.6 Å². The van der Waals surface area contributed by atoms with Gasteiger partial charge in [0.1, 0.15) is 17.9 Å². The van der Waals surface area contributed by atoms with Crippen molar-refractivity contribution in [2.45, 2.75) is 45.2 Å². The first kappa shape index (κ1) is 21.4. The van der Waals surface area contributed by atoms with E-state index in [1.165, 1.54) is 17.1 Å². The second-order valence-corrected chi connectivity index (χ2v) is 8.80. The molecule has 10 nitrogen and oxygen atoms in total. The molecule has 1 aliphatic rings. The van der Waals surface area contributed by atoms with E-state index < -0.39 is 24.2 Å². The molecule has 0 unspecified atom stereocenters. The molecule has 0 aliphatic carbocycles. The number of fused-ring (bicyclic) bond motifs is 2. The van der Waals surface area contributed by atoms with Crippen molar-refractivity contribution in [2.24, 2.45) is 7.05 Å². The summed E-state index contributed by atoms with van der Waals surface area (Å²) in [5, 5.41) is 7.24. The lowest BCUT2D eigenvalue weighted by atomic mass is 9.99. The first-order valence-corrected chi connectivity index (χ1v) is 10.8. The molecule has 33 heavy (non-hydrogen) atoms. The van der Waals surface area contributed by atoms with E-state index >= 15 is 8.78 Å². The molecule has 0 bridgehead atoms. The molecule has 4 aromatic rings. The van der Waals surface area contributed by atoms with Gasteiger partial charge in [0.2, 0.25) is 5.95 Å². The minimum absolute atomic E-state index is 0.00440. The first-order chi connectivity index (χ1) is 15.7. The molecular formula is C21H25F2N9O. The van der Waals surface area contributed by atoms with Crippen molar-refractivity contribution < 1.29 is 8.78 Å². The summed E-state index contributed by atoms with van der Waals surface area (Å²) >= 11 is 0. The number of halogens is 2. The summed E-state index contributed by atoms with van der Waals surface area (Å²) < 4.78 is 34.5. The minimum atomic E-state index is -3.08. The fourth-order valence-corrected chi connectivity index (χ4v) is 4.40. The summed E-state index contributed by atoms with van der Waals surface area (Å²) in [6, 6.07) is 0.583. The minimum Gasteiger partial charge on any atom is -0.323 e. The van der Waals surface area contributed by atoms with E-state index in [0.717, 1.165) is 10.1 Å². The summed E-state index contributed by atoms with van der Waals surface area (Å²) in [7, 11) is 1.54. The van der Waals surface area contributed by atoms with E-state index in [1.54, 1.807) is 22.7 Å². The second-order valence-electron chi connectivity index (χ2n) is 8.80. The van der Waals surface area contributed by atoms with Crippen LogP contribution in [0, 0.1) is 6.92 Å². The molecule has 5 rings (SSSR count). The van der Waals surface area contributed by atoms with Crippen LogP contribution in [0.3, 0.4) is 0 Å². The molecule has 1 N–H and O–H groups in total. The molecule has 5 heterocycles. The average molecular weight is 457 g/mol. The van der Waals surface area contributed by atoms with E-state index in [1.807, 2.05) is 26.8 Å². The van der Waals surface area contributed by atoms with E-state index in [9.17, 15) is 4.79 Å². The molecule has 1 atom stereocenters. The Morgan fingerprint density at radius 2 is 2.06 bits per heavy atom. The Morgan fingerprint density at radius 3 is 2.79 bits per heavy atom. The average Bonchev–Trinajstić information content (AvgIpc) is 3.30. The number of hydrogen-bond acceptors (Lipinski definition) is 7. The zero-order valence-corrected chi connectivity index (χ0v) is 18.8. The first-order valence-electron chi connectivity index (χ1n) is 10.8. The number of rotatable bonds is 4. The van der Waals surface area contributed by atoms with Crippen molar-refractivity contribution in [3.8, 4) is 0 Å². The molecule has 1 aliphatic heterocycles. The lowest BCUT2D eigenvalue weighted by molar-refractivity contribution is -0.110. The van der Waals surface area contributed by atoms with Gasteiger partial charge in [0, 0.05) is 19.6 Å². The number of nitrogens with zero attached hydrogens (tertiary/aromatic N) is 8. The molecule has 1 saturated heterocycles. The zero-order valence-electron chi connectivity index (χ0n) is 18.8. The lowest BCUT2D eigenvalue weighted by Crippen LogP contribution is -2.52. The van der Waals surface area contributed by atoms with Gasteiger partial charge in [0.25, 0.3) is 5.92 Å². The number of hydrogen-bond donors (Lipinski definition) is 1. The standard InChI is InChI=1S/C21H25F2N9O/c1-12(2)30-6-5-16(21(22,23)10-30)32-18-15(29(4)20(32)33)8-24-19(28-18)27-14-9-31-17(7-13(14)3)25-11-26-31/h7-9,11-12,16H,5-6,10H2,1-4H3,(H,24,27,28)/t16-/m0/s1. The number of likely N-dealkylation sites (tertiary alicyclic amines) is 1. The highest BCUT2D eigenvalue weighted by Crippen LogP contribution is 2.38. The number of anilines is 2. The molecule has 0 saturated carbocycles. The van der Waals surface area contributed by atoms with Crippen LogP contribution in [0.5, 0.6) is 0 Å². The third-order valence-electron chi connectivity index (χ3n) is 6.33. The summed E-state index contributed by atoms with van der Waals surface area (Å²) in [6.07, 6.45) is 4.83. The van der Waals surface area contributed by atoms with E-state index in [-0.39, 0.29) is 24.1 Å². The van der Waals surface area contributed by atoms with Gasteiger partial charge in [-0.2, -0.15) is 10.1 Å². The summed E-state index contributed by atoms with van der Waals surface area (Å²) in [5.41, 5.74) is 2.32. The van der Waals surface area contributed by atoms with Crippen LogP contribution >= 0.6 is 0 Å². The quantitative estimate of drug-likeness (QED) is 0.503. The topological polar surface area (TPSA) is 98.2 Å². The van der Waals surface area contributed by atoms with Gasteiger partial charge in [-0.25, -0.2) is 28.1 Å². The fraction of sp³-hybridized carbons (Fsp3) is 0.476. The van der Waals surface area contributed by atoms with Crippen molar-refractivity contribution in [2.75, 3.05) is 18.4 Å². The van der Waals surface area contributed by atoms with Crippen LogP contribution in [-0.4, -0.2) is 63.7 Å². The molecule has 12 heteroatoms. The Morgan fingerprint density at radius 1 is 1.27 bits per heavy atom. The van der Waals surface area contributed by atoms with Gasteiger partial charge in [0.05, 0.1) is 24.6 Å². The van der Waals surface area contributed by atoms with Crippen LogP contribution in [0.1, 0.15) is 31.9 Å². The van der Waals surface area contributed by atoms with Gasteiger partial charge in [-0.1, -0.05) is 0 Å². The number of pyridine rings is 1. The fourth-order valence-electron chi connectivity index (χ4n) is 4.40. The second kappa shape index (κ2) is 7.58. The SMILES string of the molecule is Cc1cc2ncnn2cc1Nc1ncc2c(n1)n([C@H]1CCN(C(C)C)CC1(F)F)c(=O)n2C. The highest BCUT2D eigenvalue weighted by atomic mass is 19.3. The van der Waals surface area contributed by atoms with Crippen LogP contribution in [0.4, 0.5) is 20.4 Å². The molecule has 0 radical (unpaired) electrons. The molecule has 174 valence electrons. The maximum atomic E-state index is 15.2. The molecule has 4 aromatic heterocycles. The van der Waals surface area contributed by atoms with Gasteiger partial charge >= 0.3 is 5.69 Å². The van der Waals surface area contributed by atoms with Crippen molar-refractivity contribution >= 4 is 28.4 Å². The molecular weight excluding hydrogens is 432 g/mol. The zero-order chi connectivity index (χ0) is 23.5. The molecule has 0 amide bonds. The number of alkyl halides is 2. The van der Waals surface area contributed by atoms with Crippen LogP contribution in [0.2, 0.25) is 0 Å². The van der Waals surface area contributed by atoms with E-state index in [0.29, 0.717) is 23.4 Å².